The van der Waals surface area contributed by atoms with E-state index in [1.165, 1.54) is 42.6 Å². The Morgan fingerprint density at radius 2 is 1.91 bits per heavy atom. The molecule has 0 aliphatic heterocycles. The quantitative estimate of drug-likeness (QED) is 0.442. The number of benzene rings is 2. The summed E-state index contributed by atoms with van der Waals surface area (Å²) in [6.07, 6.45) is 1.28. The molecule has 11 heteroatoms. The number of anilines is 1. The van der Waals surface area contributed by atoms with Crippen LogP contribution in [0.5, 0.6) is 17.4 Å². The van der Waals surface area contributed by atoms with Crippen LogP contribution in [0.4, 0.5) is 5.69 Å². The number of rotatable bonds is 9. The summed E-state index contributed by atoms with van der Waals surface area (Å²) in [7, 11) is -3.92. The number of primary amides is 1. The maximum absolute atomic E-state index is 12.7. The molecule has 1 heterocycles. The summed E-state index contributed by atoms with van der Waals surface area (Å²) in [5, 5.41) is 8.69. The zero-order valence-corrected chi connectivity index (χ0v) is 17.6. The summed E-state index contributed by atoms with van der Waals surface area (Å²) < 4.78 is 38.4. The number of aliphatic carboxylic acids is 1. The highest BCUT2D eigenvalue weighted by atomic mass is 32.2. The fraction of sp³-hybridized carbons (Fsp3) is 0.0952. The maximum atomic E-state index is 12.7. The summed E-state index contributed by atoms with van der Waals surface area (Å²) in [6, 6.07) is 13.2. The number of hydrogen-bond donors (Lipinski definition) is 3. The molecule has 0 unspecified atom stereocenters. The second kappa shape index (κ2) is 9.35. The van der Waals surface area contributed by atoms with Gasteiger partial charge >= 0.3 is 5.97 Å². The predicted molar refractivity (Wildman–Crippen MR) is 114 cm³/mol. The Hall–Kier alpha value is -4.12. The van der Waals surface area contributed by atoms with Gasteiger partial charge in [0.1, 0.15) is 11.5 Å². The van der Waals surface area contributed by atoms with Gasteiger partial charge in [-0.2, -0.15) is 0 Å². The minimum absolute atomic E-state index is 0.0266. The number of ether oxygens (including phenoxy) is 2. The van der Waals surface area contributed by atoms with Crippen LogP contribution < -0.4 is 19.9 Å². The second-order valence-electron chi connectivity index (χ2n) is 6.59. The van der Waals surface area contributed by atoms with Gasteiger partial charge in [-0.15, -0.1) is 0 Å². The van der Waals surface area contributed by atoms with Crippen LogP contribution in [0.1, 0.15) is 15.9 Å². The van der Waals surface area contributed by atoms with Crippen LogP contribution in [-0.4, -0.2) is 37.0 Å². The first kappa shape index (κ1) is 22.6. The Morgan fingerprint density at radius 1 is 1.12 bits per heavy atom. The third-order valence-electron chi connectivity index (χ3n) is 4.14. The normalized spacial score (nSPS) is 10.9. The van der Waals surface area contributed by atoms with Crippen LogP contribution in [-0.2, 0) is 14.8 Å². The van der Waals surface area contributed by atoms with E-state index in [0.717, 1.165) is 0 Å². The lowest BCUT2D eigenvalue weighted by Gasteiger charge is -2.12. The van der Waals surface area contributed by atoms with E-state index < -0.39 is 28.5 Å². The van der Waals surface area contributed by atoms with Crippen molar-refractivity contribution in [1.29, 1.82) is 0 Å². The minimum Gasteiger partial charge on any atom is -0.482 e. The third-order valence-corrected chi connectivity index (χ3v) is 5.52. The minimum atomic E-state index is -3.92. The van der Waals surface area contributed by atoms with Gasteiger partial charge in [-0.05, 0) is 55.0 Å². The van der Waals surface area contributed by atoms with Crippen molar-refractivity contribution >= 4 is 27.6 Å². The lowest BCUT2D eigenvalue weighted by atomic mass is 10.2. The predicted octanol–water partition coefficient (Wildman–Crippen LogP) is 2.55. The summed E-state index contributed by atoms with van der Waals surface area (Å²) in [6.45, 7) is 1.08. The molecule has 0 atom stereocenters. The first-order valence-corrected chi connectivity index (χ1v) is 10.6. The van der Waals surface area contributed by atoms with Crippen LogP contribution in [0.2, 0.25) is 0 Å². The number of nitrogens with two attached hydrogens (primary N) is 1. The molecule has 0 aliphatic carbocycles. The molecular formula is C21H19N3O7S. The average molecular weight is 457 g/mol. The number of pyridine rings is 1. The van der Waals surface area contributed by atoms with E-state index in [1.807, 2.05) is 0 Å². The van der Waals surface area contributed by atoms with Crippen molar-refractivity contribution in [3.8, 4) is 17.4 Å². The highest BCUT2D eigenvalue weighted by Gasteiger charge is 2.16. The average Bonchev–Trinajstić information content (AvgIpc) is 2.74. The Morgan fingerprint density at radius 3 is 2.53 bits per heavy atom. The Bertz CT molecular complexity index is 1260. The van der Waals surface area contributed by atoms with E-state index in [4.69, 9.17) is 20.3 Å². The smallest absolute Gasteiger partial charge is 0.341 e. The van der Waals surface area contributed by atoms with Gasteiger partial charge in [0.2, 0.25) is 11.8 Å². The summed E-state index contributed by atoms with van der Waals surface area (Å²) >= 11 is 0. The lowest BCUT2D eigenvalue weighted by Crippen LogP contribution is -2.14. The molecule has 2 aromatic carbocycles. The zero-order chi connectivity index (χ0) is 23.3. The van der Waals surface area contributed by atoms with Gasteiger partial charge < -0.3 is 20.3 Å². The fourth-order valence-corrected chi connectivity index (χ4v) is 3.77. The zero-order valence-electron chi connectivity index (χ0n) is 16.8. The van der Waals surface area contributed by atoms with E-state index in [9.17, 15) is 18.0 Å². The molecule has 0 spiro atoms. The van der Waals surface area contributed by atoms with Crippen molar-refractivity contribution in [2.24, 2.45) is 5.73 Å². The van der Waals surface area contributed by atoms with Gasteiger partial charge in [0, 0.05) is 11.6 Å². The van der Waals surface area contributed by atoms with E-state index in [0.29, 0.717) is 11.3 Å². The van der Waals surface area contributed by atoms with Crippen LogP contribution in [0.3, 0.4) is 0 Å². The monoisotopic (exact) mass is 457 g/mol. The Kier molecular flexibility index (Phi) is 6.59. The SMILES string of the molecule is Cc1cc(S(=O)(=O)Nc2ccc(Oc3cccc(C(N)=O)c3)nc2)ccc1OCC(=O)O. The summed E-state index contributed by atoms with van der Waals surface area (Å²) in [5.41, 5.74) is 6.19. The molecule has 0 radical (unpaired) electrons. The number of carboxylic acids is 1. The number of hydrogen-bond acceptors (Lipinski definition) is 7. The van der Waals surface area contributed by atoms with E-state index >= 15 is 0 Å². The largest absolute Gasteiger partial charge is 0.482 e. The molecule has 10 nitrogen and oxygen atoms in total. The van der Waals surface area contributed by atoms with Crippen molar-refractivity contribution in [3.05, 3.63) is 71.9 Å². The summed E-state index contributed by atoms with van der Waals surface area (Å²) in [4.78, 5) is 25.9. The molecule has 0 bridgehead atoms. The van der Waals surface area contributed by atoms with Gasteiger partial charge in [0.25, 0.3) is 10.0 Å². The number of carboxylic acid groups (broad SMARTS) is 1. The molecule has 3 aromatic rings. The molecule has 0 saturated heterocycles. The molecule has 0 aliphatic rings. The number of aryl methyl sites for hydroxylation is 1. The molecule has 0 fully saturated rings. The van der Waals surface area contributed by atoms with E-state index in [2.05, 4.69) is 9.71 Å². The highest BCUT2D eigenvalue weighted by Crippen LogP contribution is 2.25. The fourth-order valence-electron chi connectivity index (χ4n) is 2.64. The number of nitrogens with one attached hydrogen (secondary N) is 1. The molecule has 4 N–H and O–H groups in total. The number of amides is 1. The van der Waals surface area contributed by atoms with Crippen molar-refractivity contribution in [1.82, 2.24) is 4.98 Å². The second-order valence-corrected chi connectivity index (χ2v) is 8.28. The van der Waals surface area contributed by atoms with Crippen LogP contribution in [0.15, 0.2) is 65.7 Å². The van der Waals surface area contributed by atoms with Crippen molar-refractivity contribution < 1.29 is 32.6 Å². The molecule has 0 saturated carbocycles. The molecule has 32 heavy (non-hydrogen) atoms. The molecule has 1 amide bonds. The number of carbonyl (C=O) groups is 2. The van der Waals surface area contributed by atoms with Crippen molar-refractivity contribution in [2.45, 2.75) is 11.8 Å². The molecule has 3 rings (SSSR count). The summed E-state index contributed by atoms with van der Waals surface area (Å²) in [5.74, 6) is -0.920. The van der Waals surface area contributed by atoms with Gasteiger partial charge in [-0.25, -0.2) is 18.2 Å². The first-order valence-electron chi connectivity index (χ1n) is 9.16. The highest BCUT2D eigenvalue weighted by molar-refractivity contribution is 7.92. The van der Waals surface area contributed by atoms with Crippen LogP contribution in [0.25, 0.3) is 0 Å². The van der Waals surface area contributed by atoms with Gasteiger partial charge in [-0.1, -0.05) is 6.07 Å². The van der Waals surface area contributed by atoms with Gasteiger partial charge in [-0.3, -0.25) is 9.52 Å². The van der Waals surface area contributed by atoms with Crippen molar-refractivity contribution in [2.75, 3.05) is 11.3 Å². The molecular weight excluding hydrogens is 438 g/mol. The van der Waals surface area contributed by atoms with Crippen LogP contribution >= 0.6 is 0 Å². The van der Waals surface area contributed by atoms with Crippen LogP contribution in [0, 0.1) is 6.92 Å². The Labute approximate surface area is 183 Å². The number of nitrogens with zero attached hydrogens (tertiary/aromatic N) is 1. The first-order chi connectivity index (χ1) is 15.1. The maximum Gasteiger partial charge on any atom is 0.341 e. The van der Waals surface area contributed by atoms with E-state index in [1.54, 1.807) is 25.1 Å². The molecule has 166 valence electrons. The number of sulfonamides is 1. The van der Waals surface area contributed by atoms with E-state index in [-0.39, 0.29) is 27.8 Å². The number of aromatic nitrogens is 1. The third kappa shape index (κ3) is 5.73. The van der Waals surface area contributed by atoms with Gasteiger partial charge in [0.05, 0.1) is 16.8 Å². The topological polar surface area (TPSA) is 158 Å². The number of carbonyl (C=O) groups excluding carboxylic acids is 1. The Balaban J connectivity index is 1.70. The standard InChI is InChI=1S/C21H19N3O7S/c1-13-9-17(6-7-18(13)30-12-20(25)26)32(28,29)24-15-5-8-19(23-11-15)31-16-4-2-3-14(10-16)21(22)27/h2-11,24H,12H2,1H3,(H2,22,27)(H,25,26). The lowest BCUT2D eigenvalue weighted by molar-refractivity contribution is -0.139. The van der Waals surface area contributed by atoms with Gasteiger partial charge in [0.15, 0.2) is 6.61 Å². The van der Waals surface area contributed by atoms with Crippen molar-refractivity contribution in [3.63, 3.8) is 0 Å². The molecule has 1 aromatic heterocycles.